The maximum atomic E-state index is 12.9. The van der Waals surface area contributed by atoms with Gasteiger partial charge in [-0.05, 0) is 13.8 Å². The van der Waals surface area contributed by atoms with E-state index < -0.39 is 83.9 Å². The number of carbonyl (C=O) groups excluding carboxylic acids is 6. The Balaban J connectivity index is 2.45. The van der Waals surface area contributed by atoms with Crippen LogP contribution in [0.3, 0.4) is 0 Å². The molecule has 2 aliphatic heterocycles. The molecule has 0 aromatic carbocycles. The molecular weight excluding hydrogens is 556 g/mol. The number of hydrogen-bond acceptors (Lipinski definition) is 15. The lowest BCUT2D eigenvalue weighted by atomic mass is 9.99. The molecule has 0 N–H and O–H groups in total. The zero-order valence-electron chi connectivity index (χ0n) is 23.4. The van der Waals surface area contributed by atoms with Crippen LogP contribution >= 0.6 is 11.8 Å². The lowest BCUT2D eigenvalue weighted by Crippen LogP contribution is -2.62. The van der Waals surface area contributed by atoms with Crippen molar-refractivity contribution in [3.63, 3.8) is 0 Å². The van der Waals surface area contributed by atoms with E-state index in [1.54, 1.807) is 13.8 Å². The summed E-state index contributed by atoms with van der Waals surface area (Å²) in [5, 5.41) is -0.709. The molecule has 40 heavy (non-hydrogen) atoms. The van der Waals surface area contributed by atoms with E-state index in [1.165, 1.54) is 13.8 Å². The van der Waals surface area contributed by atoms with Crippen molar-refractivity contribution in [3.05, 3.63) is 0 Å². The SMILES string of the molecule is CC(=O)OC[C@H]1O[C@@H](S[C@@H]2CC(=O)[C@@H](OC(C)C)O[C@@H]2COC(C)=O)[C@H](OC(C)=O)[C@@H](OC(C)=O)[C@@H]1OC(C)=O. The average Bonchev–Trinajstić information content (AvgIpc) is 2.81. The van der Waals surface area contributed by atoms with E-state index in [-0.39, 0.29) is 24.9 Å². The zero-order chi connectivity index (χ0) is 30.1. The summed E-state index contributed by atoms with van der Waals surface area (Å²) < 4.78 is 44.1. The Labute approximate surface area is 235 Å². The van der Waals surface area contributed by atoms with Crippen LogP contribution in [0.2, 0.25) is 0 Å². The Morgan fingerprint density at radius 1 is 0.750 bits per heavy atom. The van der Waals surface area contributed by atoms with Gasteiger partial charge in [-0.2, -0.15) is 0 Å². The molecule has 2 saturated heterocycles. The quantitative estimate of drug-likeness (QED) is 0.243. The van der Waals surface area contributed by atoms with Gasteiger partial charge in [0.15, 0.2) is 24.1 Å². The normalized spacial score (nSPS) is 30.2. The molecule has 2 heterocycles. The van der Waals surface area contributed by atoms with E-state index in [4.69, 9.17) is 37.9 Å². The van der Waals surface area contributed by atoms with Crippen molar-refractivity contribution in [1.29, 1.82) is 0 Å². The van der Waals surface area contributed by atoms with E-state index in [2.05, 4.69) is 0 Å². The Kier molecular flexibility index (Phi) is 12.8. The molecule has 8 atom stereocenters. The maximum absolute atomic E-state index is 12.9. The topological polar surface area (TPSA) is 176 Å². The minimum Gasteiger partial charge on any atom is -0.463 e. The molecule has 0 saturated carbocycles. The van der Waals surface area contributed by atoms with E-state index in [9.17, 15) is 28.8 Å². The molecule has 0 unspecified atom stereocenters. The molecule has 0 aromatic rings. The molecule has 0 radical (unpaired) electrons. The number of ether oxygens (including phenoxy) is 8. The lowest BCUT2D eigenvalue weighted by molar-refractivity contribution is -0.238. The molecule has 15 heteroatoms. The summed E-state index contributed by atoms with van der Waals surface area (Å²) in [7, 11) is 0. The van der Waals surface area contributed by atoms with E-state index in [0.29, 0.717) is 0 Å². The van der Waals surface area contributed by atoms with Gasteiger partial charge in [0.05, 0.1) is 6.10 Å². The molecule has 14 nitrogen and oxygen atoms in total. The predicted octanol–water partition coefficient (Wildman–Crippen LogP) is 0.844. The van der Waals surface area contributed by atoms with Gasteiger partial charge in [0.2, 0.25) is 6.29 Å². The number of rotatable bonds is 11. The molecular formula is C25H36O14S. The fourth-order valence-electron chi connectivity index (χ4n) is 4.06. The first-order valence-corrected chi connectivity index (χ1v) is 13.5. The summed E-state index contributed by atoms with van der Waals surface area (Å²) in [6.45, 7) is 8.61. The fraction of sp³-hybridized carbons (Fsp3) is 0.760. The summed E-state index contributed by atoms with van der Waals surface area (Å²) in [6, 6.07) is 0. The number of hydrogen-bond donors (Lipinski definition) is 0. The minimum absolute atomic E-state index is 0.0964. The van der Waals surface area contributed by atoms with Crippen LogP contribution in [0.1, 0.15) is 54.9 Å². The molecule has 0 bridgehead atoms. The highest BCUT2D eigenvalue weighted by atomic mass is 32.2. The van der Waals surface area contributed by atoms with Crippen molar-refractivity contribution < 1.29 is 66.7 Å². The van der Waals surface area contributed by atoms with Gasteiger partial charge in [0, 0.05) is 46.3 Å². The van der Waals surface area contributed by atoms with Gasteiger partial charge in [-0.3, -0.25) is 28.8 Å². The first-order valence-electron chi connectivity index (χ1n) is 12.6. The molecule has 0 aromatic heterocycles. The van der Waals surface area contributed by atoms with Crippen LogP contribution in [-0.4, -0.2) is 102 Å². The Morgan fingerprint density at radius 3 is 1.75 bits per heavy atom. The zero-order valence-corrected chi connectivity index (χ0v) is 24.3. The molecule has 2 aliphatic rings. The lowest BCUT2D eigenvalue weighted by Gasteiger charge is -2.45. The van der Waals surface area contributed by atoms with Crippen LogP contribution in [0, 0.1) is 0 Å². The summed E-state index contributed by atoms with van der Waals surface area (Å²) in [6.07, 6.45) is -7.60. The fourth-order valence-corrected chi connectivity index (χ4v) is 5.55. The number of Topliss-reactive ketones (excluding diaryl/α,β-unsaturated/α-hetero) is 1. The van der Waals surface area contributed by atoms with E-state index in [1.807, 2.05) is 0 Å². The Bertz CT molecular complexity index is 952. The van der Waals surface area contributed by atoms with Crippen molar-refractivity contribution in [2.24, 2.45) is 0 Å². The minimum atomic E-state index is -1.36. The third-order valence-electron chi connectivity index (χ3n) is 5.48. The monoisotopic (exact) mass is 592 g/mol. The van der Waals surface area contributed by atoms with Gasteiger partial charge in [-0.25, -0.2) is 0 Å². The Morgan fingerprint density at radius 2 is 1.25 bits per heavy atom. The second-order valence-corrected chi connectivity index (χ2v) is 10.7. The number of thioether (sulfide) groups is 1. The summed E-state index contributed by atoms with van der Waals surface area (Å²) in [5.74, 6) is -3.88. The maximum Gasteiger partial charge on any atom is 0.303 e. The molecule has 2 fully saturated rings. The first-order chi connectivity index (χ1) is 18.7. The van der Waals surface area contributed by atoms with Gasteiger partial charge in [-0.15, -0.1) is 11.8 Å². The van der Waals surface area contributed by atoms with Gasteiger partial charge in [0.25, 0.3) is 0 Å². The van der Waals surface area contributed by atoms with Crippen molar-refractivity contribution in [2.75, 3.05) is 13.2 Å². The van der Waals surface area contributed by atoms with Crippen LogP contribution in [0.5, 0.6) is 0 Å². The van der Waals surface area contributed by atoms with Crippen LogP contribution < -0.4 is 0 Å². The van der Waals surface area contributed by atoms with Gasteiger partial charge >= 0.3 is 29.8 Å². The number of ketones is 1. The standard InChI is InChI=1S/C25H36O14S/c1-11(2)34-24-17(31)8-20(18(38-24)9-32-12(3)26)40-25-23(37-16(7)30)22(36-15(6)29)21(35-14(5)28)19(39-25)10-33-13(4)27/h11,18-25H,8-10H2,1-7H3/t18-,19-,20-,21-,22+,23-,24+,25+/m1/s1. The van der Waals surface area contributed by atoms with Crippen molar-refractivity contribution in [3.8, 4) is 0 Å². The average molecular weight is 593 g/mol. The van der Waals surface area contributed by atoms with Crippen LogP contribution in [0.15, 0.2) is 0 Å². The van der Waals surface area contributed by atoms with Crippen molar-refractivity contribution >= 4 is 47.4 Å². The number of carbonyl (C=O) groups is 6. The first kappa shape index (κ1) is 33.5. The number of esters is 5. The molecule has 2 rings (SSSR count). The molecule has 0 spiro atoms. The highest BCUT2D eigenvalue weighted by Crippen LogP contribution is 2.40. The third kappa shape index (κ3) is 10.3. The second-order valence-electron chi connectivity index (χ2n) is 9.41. The van der Waals surface area contributed by atoms with E-state index in [0.717, 1.165) is 32.5 Å². The van der Waals surface area contributed by atoms with Crippen LogP contribution in [0.25, 0.3) is 0 Å². The van der Waals surface area contributed by atoms with Crippen LogP contribution in [0.4, 0.5) is 0 Å². The highest BCUT2D eigenvalue weighted by molar-refractivity contribution is 8.00. The molecule has 0 amide bonds. The highest BCUT2D eigenvalue weighted by Gasteiger charge is 2.54. The molecule has 226 valence electrons. The van der Waals surface area contributed by atoms with Gasteiger partial charge < -0.3 is 37.9 Å². The summed E-state index contributed by atoms with van der Waals surface area (Å²) in [4.78, 5) is 72.0. The van der Waals surface area contributed by atoms with Crippen molar-refractivity contribution in [2.45, 2.75) is 108 Å². The van der Waals surface area contributed by atoms with Gasteiger partial charge in [0.1, 0.15) is 30.9 Å². The summed E-state index contributed by atoms with van der Waals surface area (Å²) >= 11 is 1.00. The smallest absolute Gasteiger partial charge is 0.303 e. The van der Waals surface area contributed by atoms with E-state index >= 15 is 0 Å². The molecule has 0 aliphatic carbocycles. The second kappa shape index (κ2) is 15.3. The Hall–Kier alpha value is -2.75. The van der Waals surface area contributed by atoms with Crippen LogP contribution in [-0.2, 0) is 66.7 Å². The largest absolute Gasteiger partial charge is 0.463 e. The van der Waals surface area contributed by atoms with Gasteiger partial charge in [-0.1, -0.05) is 0 Å². The predicted molar refractivity (Wildman–Crippen MR) is 134 cm³/mol. The van der Waals surface area contributed by atoms with Crippen molar-refractivity contribution in [1.82, 2.24) is 0 Å². The third-order valence-corrected chi connectivity index (χ3v) is 6.95. The summed E-state index contributed by atoms with van der Waals surface area (Å²) in [5.41, 5.74) is -1.13.